The highest BCUT2D eigenvalue weighted by atomic mass is 19.1. The number of likely N-dealkylation sites (tertiary alicyclic amines) is 1. The summed E-state index contributed by atoms with van der Waals surface area (Å²) in [7, 11) is 0. The summed E-state index contributed by atoms with van der Waals surface area (Å²) in [6, 6.07) is 10.5. The highest BCUT2D eigenvalue weighted by Crippen LogP contribution is 2.30. The minimum atomic E-state index is -0.821. The maximum Gasteiger partial charge on any atom is 0.313 e. The molecule has 1 aromatic heterocycles. The molecule has 1 N–H and O–H groups in total. The molecule has 0 aliphatic carbocycles. The van der Waals surface area contributed by atoms with Gasteiger partial charge in [0.1, 0.15) is 11.9 Å². The highest BCUT2D eigenvalue weighted by molar-refractivity contribution is 6.39. The van der Waals surface area contributed by atoms with E-state index in [2.05, 4.69) is 10.3 Å². The first-order valence-electron chi connectivity index (χ1n) is 7.82. The van der Waals surface area contributed by atoms with Gasteiger partial charge in [0.15, 0.2) is 0 Å². The first-order chi connectivity index (χ1) is 12.1. The molecule has 2 aromatic rings. The molecule has 0 spiro atoms. The Bertz CT molecular complexity index is 848. The standard InChI is InChI=1S/C18H15FN4O2/c19-14-7-6-13(10-12(14)11-20)22-17(24)18(25)23-9-3-5-16(23)15-4-1-2-8-21-15/h1-2,4,6-8,10,16H,3,5,9H2,(H,22,24)/t16-/m0/s1. The molecule has 1 aliphatic rings. The van der Waals surface area contributed by atoms with Crippen LogP contribution in [0.4, 0.5) is 10.1 Å². The number of carbonyl (C=O) groups is 2. The van der Waals surface area contributed by atoms with Crippen molar-refractivity contribution in [3.63, 3.8) is 0 Å². The zero-order valence-corrected chi connectivity index (χ0v) is 13.3. The van der Waals surface area contributed by atoms with Crippen molar-refractivity contribution in [1.29, 1.82) is 5.26 Å². The highest BCUT2D eigenvalue weighted by Gasteiger charge is 2.34. The van der Waals surface area contributed by atoms with Gasteiger partial charge in [-0.3, -0.25) is 14.6 Å². The molecule has 0 radical (unpaired) electrons. The third-order valence-electron chi connectivity index (χ3n) is 4.08. The van der Waals surface area contributed by atoms with Gasteiger partial charge in [-0.1, -0.05) is 6.07 Å². The average Bonchev–Trinajstić information content (AvgIpc) is 3.13. The van der Waals surface area contributed by atoms with Crippen LogP contribution in [0, 0.1) is 17.1 Å². The Morgan fingerprint density at radius 3 is 2.88 bits per heavy atom. The number of nitrogens with one attached hydrogen (secondary N) is 1. The van der Waals surface area contributed by atoms with Crippen LogP contribution in [0.25, 0.3) is 0 Å². The van der Waals surface area contributed by atoms with Gasteiger partial charge in [0.25, 0.3) is 0 Å². The van der Waals surface area contributed by atoms with E-state index in [4.69, 9.17) is 5.26 Å². The Morgan fingerprint density at radius 2 is 2.16 bits per heavy atom. The number of halogens is 1. The van der Waals surface area contributed by atoms with Crippen LogP contribution in [-0.2, 0) is 9.59 Å². The molecule has 25 heavy (non-hydrogen) atoms. The number of rotatable bonds is 2. The van der Waals surface area contributed by atoms with Crippen LogP contribution in [0.15, 0.2) is 42.6 Å². The topological polar surface area (TPSA) is 86.1 Å². The molecular formula is C18H15FN4O2. The average molecular weight is 338 g/mol. The zero-order chi connectivity index (χ0) is 17.8. The number of amides is 2. The molecule has 1 atom stereocenters. The quantitative estimate of drug-likeness (QED) is 0.852. The third-order valence-corrected chi connectivity index (χ3v) is 4.08. The van der Waals surface area contributed by atoms with Crippen molar-refractivity contribution in [2.45, 2.75) is 18.9 Å². The Labute approximate surface area is 143 Å². The number of pyridine rings is 1. The maximum absolute atomic E-state index is 13.3. The van der Waals surface area contributed by atoms with Crippen LogP contribution in [0.3, 0.4) is 0 Å². The van der Waals surface area contributed by atoms with Gasteiger partial charge in [0.2, 0.25) is 0 Å². The Kier molecular flexibility index (Phi) is 4.70. The number of hydrogen-bond donors (Lipinski definition) is 1. The largest absolute Gasteiger partial charge is 0.326 e. The van der Waals surface area contributed by atoms with Crippen molar-refractivity contribution in [2.75, 3.05) is 11.9 Å². The van der Waals surface area contributed by atoms with Crippen LogP contribution in [-0.4, -0.2) is 28.2 Å². The van der Waals surface area contributed by atoms with Gasteiger partial charge >= 0.3 is 11.8 Å². The summed E-state index contributed by atoms with van der Waals surface area (Å²) < 4.78 is 13.3. The number of hydrogen-bond acceptors (Lipinski definition) is 4. The number of anilines is 1. The van der Waals surface area contributed by atoms with Gasteiger partial charge in [0, 0.05) is 18.4 Å². The van der Waals surface area contributed by atoms with E-state index in [1.165, 1.54) is 17.0 Å². The number of benzene rings is 1. The fraction of sp³-hybridized carbons (Fsp3) is 0.222. The molecule has 2 amide bonds. The van der Waals surface area contributed by atoms with Crippen LogP contribution >= 0.6 is 0 Å². The molecule has 7 heteroatoms. The van der Waals surface area contributed by atoms with E-state index >= 15 is 0 Å². The number of carbonyl (C=O) groups excluding carboxylic acids is 2. The van der Waals surface area contributed by atoms with E-state index in [-0.39, 0.29) is 17.3 Å². The summed E-state index contributed by atoms with van der Waals surface area (Å²) in [6.45, 7) is 0.473. The van der Waals surface area contributed by atoms with E-state index in [0.717, 1.165) is 24.6 Å². The predicted octanol–water partition coefficient (Wildman–Crippen LogP) is 2.39. The smallest absolute Gasteiger partial charge is 0.313 e. The molecule has 2 heterocycles. The maximum atomic E-state index is 13.3. The van der Waals surface area contributed by atoms with E-state index in [1.807, 2.05) is 12.1 Å². The van der Waals surface area contributed by atoms with Gasteiger partial charge in [-0.2, -0.15) is 5.26 Å². The third kappa shape index (κ3) is 3.48. The van der Waals surface area contributed by atoms with Crippen molar-refractivity contribution in [1.82, 2.24) is 9.88 Å². The fourth-order valence-corrected chi connectivity index (χ4v) is 2.89. The second-order valence-corrected chi connectivity index (χ2v) is 5.67. The zero-order valence-electron chi connectivity index (χ0n) is 13.3. The molecule has 0 unspecified atom stereocenters. The molecule has 126 valence electrons. The van der Waals surface area contributed by atoms with Gasteiger partial charge < -0.3 is 10.2 Å². The SMILES string of the molecule is N#Cc1cc(NC(=O)C(=O)N2CCC[C@H]2c2ccccn2)ccc1F. The van der Waals surface area contributed by atoms with E-state index in [9.17, 15) is 14.0 Å². The molecule has 6 nitrogen and oxygen atoms in total. The van der Waals surface area contributed by atoms with Gasteiger partial charge in [-0.25, -0.2) is 4.39 Å². The Morgan fingerprint density at radius 1 is 1.32 bits per heavy atom. The lowest BCUT2D eigenvalue weighted by Crippen LogP contribution is -2.39. The summed E-state index contributed by atoms with van der Waals surface area (Å²) in [5.74, 6) is -2.17. The molecule has 1 fully saturated rings. The summed E-state index contributed by atoms with van der Waals surface area (Å²) in [5, 5.41) is 11.3. The van der Waals surface area contributed by atoms with E-state index in [1.54, 1.807) is 18.3 Å². The summed E-state index contributed by atoms with van der Waals surface area (Å²) >= 11 is 0. The predicted molar refractivity (Wildman–Crippen MR) is 87.7 cm³/mol. The van der Waals surface area contributed by atoms with Crippen molar-refractivity contribution < 1.29 is 14.0 Å². The number of nitrogens with zero attached hydrogens (tertiary/aromatic N) is 3. The second-order valence-electron chi connectivity index (χ2n) is 5.67. The number of aromatic nitrogens is 1. The Hall–Kier alpha value is -3.27. The fourth-order valence-electron chi connectivity index (χ4n) is 2.89. The number of nitriles is 1. The molecule has 1 aliphatic heterocycles. The molecular weight excluding hydrogens is 323 g/mol. The summed E-state index contributed by atoms with van der Waals surface area (Å²) in [4.78, 5) is 30.5. The normalized spacial score (nSPS) is 16.3. The van der Waals surface area contributed by atoms with Crippen molar-refractivity contribution in [3.05, 3.63) is 59.7 Å². The lowest BCUT2D eigenvalue weighted by atomic mass is 10.1. The molecule has 0 bridgehead atoms. The minimum absolute atomic E-state index is 0.196. The van der Waals surface area contributed by atoms with E-state index in [0.29, 0.717) is 6.54 Å². The van der Waals surface area contributed by atoms with Crippen LogP contribution in [0.1, 0.15) is 30.1 Å². The minimum Gasteiger partial charge on any atom is -0.326 e. The van der Waals surface area contributed by atoms with Gasteiger partial charge in [-0.15, -0.1) is 0 Å². The lowest BCUT2D eigenvalue weighted by molar-refractivity contribution is -0.143. The van der Waals surface area contributed by atoms with Gasteiger partial charge in [0.05, 0.1) is 17.3 Å². The molecule has 1 aromatic carbocycles. The monoisotopic (exact) mass is 338 g/mol. The second kappa shape index (κ2) is 7.09. The van der Waals surface area contributed by atoms with Crippen molar-refractivity contribution in [3.8, 4) is 6.07 Å². The van der Waals surface area contributed by atoms with Crippen molar-refractivity contribution >= 4 is 17.5 Å². The molecule has 1 saturated heterocycles. The summed E-state index contributed by atoms with van der Waals surface area (Å²) in [5.41, 5.74) is 0.748. The first kappa shape index (κ1) is 16.6. The lowest BCUT2D eigenvalue weighted by Gasteiger charge is -2.23. The summed E-state index contributed by atoms with van der Waals surface area (Å²) in [6.07, 6.45) is 3.18. The Balaban J connectivity index is 1.74. The van der Waals surface area contributed by atoms with Crippen LogP contribution in [0.5, 0.6) is 0 Å². The van der Waals surface area contributed by atoms with E-state index < -0.39 is 17.6 Å². The van der Waals surface area contributed by atoms with Crippen LogP contribution < -0.4 is 5.32 Å². The van der Waals surface area contributed by atoms with Crippen molar-refractivity contribution in [2.24, 2.45) is 0 Å². The van der Waals surface area contributed by atoms with Gasteiger partial charge in [-0.05, 0) is 43.2 Å². The molecule has 0 saturated carbocycles. The molecule has 3 rings (SSSR count). The van der Waals surface area contributed by atoms with Crippen LogP contribution in [0.2, 0.25) is 0 Å². The first-order valence-corrected chi connectivity index (χ1v) is 7.82.